The van der Waals surface area contributed by atoms with E-state index in [1.807, 2.05) is 0 Å². The molecule has 0 heteroatoms. The third-order valence-corrected chi connectivity index (χ3v) is 2.97. The van der Waals surface area contributed by atoms with Crippen molar-refractivity contribution in [3.8, 4) is 0 Å². The van der Waals surface area contributed by atoms with E-state index in [1.54, 1.807) is 0 Å². The molecule has 0 aromatic rings. The standard InChI is InChI=1S/C12H20/c1-3-5-11-7-9-12(6-4-2)10-8-11/h3-4,11-12H,1-2,5-10H2. The Morgan fingerprint density at radius 2 is 1.17 bits per heavy atom. The molecule has 0 bridgehead atoms. The summed E-state index contributed by atoms with van der Waals surface area (Å²) in [5, 5.41) is 0. The van der Waals surface area contributed by atoms with Crippen molar-refractivity contribution >= 4 is 0 Å². The van der Waals surface area contributed by atoms with E-state index in [0.717, 1.165) is 11.8 Å². The van der Waals surface area contributed by atoms with Crippen molar-refractivity contribution in [2.24, 2.45) is 11.8 Å². The fourth-order valence-corrected chi connectivity index (χ4v) is 2.17. The molecule has 0 aromatic heterocycles. The molecule has 0 saturated heterocycles. The molecule has 1 rings (SSSR count). The van der Waals surface area contributed by atoms with E-state index < -0.39 is 0 Å². The summed E-state index contributed by atoms with van der Waals surface area (Å²) in [5.74, 6) is 1.87. The second-order valence-electron chi connectivity index (χ2n) is 3.94. The van der Waals surface area contributed by atoms with E-state index in [4.69, 9.17) is 0 Å². The third kappa shape index (κ3) is 2.84. The van der Waals surface area contributed by atoms with E-state index in [1.165, 1.54) is 38.5 Å². The smallest absolute Gasteiger partial charge is 0.0325 e. The van der Waals surface area contributed by atoms with Crippen LogP contribution in [0.5, 0.6) is 0 Å². The average molecular weight is 164 g/mol. The van der Waals surface area contributed by atoms with Crippen LogP contribution in [0.2, 0.25) is 0 Å². The van der Waals surface area contributed by atoms with Gasteiger partial charge in [-0.25, -0.2) is 0 Å². The third-order valence-electron chi connectivity index (χ3n) is 2.97. The predicted octanol–water partition coefficient (Wildman–Crippen LogP) is 3.95. The van der Waals surface area contributed by atoms with Crippen LogP contribution in [0.15, 0.2) is 25.3 Å². The van der Waals surface area contributed by atoms with Gasteiger partial charge in [-0.1, -0.05) is 12.2 Å². The molecule has 0 unspecified atom stereocenters. The molecule has 0 spiro atoms. The van der Waals surface area contributed by atoms with Crippen molar-refractivity contribution in [2.75, 3.05) is 0 Å². The second-order valence-corrected chi connectivity index (χ2v) is 3.94. The molecule has 0 nitrogen and oxygen atoms in total. The lowest BCUT2D eigenvalue weighted by Gasteiger charge is -2.26. The second kappa shape index (κ2) is 5.18. The maximum Gasteiger partial charge on any atom is -0.0325 e. The van der Waals surface area contributed by atoms with Gasteiger partial charge in [-0.15, -0.1) is 13.2 Å². The first-order chi connectivity index (χ1) is 5.86. The molecule has 1 fully saturated rings. The van der Waals surface area contributed by atoms with Crippen LogP contribution >= 0.6 is 0 Å². The zero-order valence-electron chi connectivity index (χ0n) is 7.97. The normalized spacial score (nSPS) is 29.7. The van der Waals surface area contributed by atoms with Crippen LogP contribution in [0, 0.1) is 11.8 Å². The molecular formula is C12H20. The Bertz CT molecular complexity index is 120. The van der Waals surface area contributed by atoms with E-state index in [0.29, 0.717) is 0 Å². The summed E-state index contributed by atoms with van der Waals surface area (Å²) >= 11 is 0. The van der Waals surface area contributed by atoms with Gasteiger partial charge in [0, 0.05) is 0 Å². The topological polar surface area (TPSA) is 0 Å². The molecule has 0 N–H and O–H groups in total. The van der Waals surface area contributed by atoms with Gasteiger partial charge in [0.15, 0.2) is 0 Å². The van der Waals surface area contributed by atoms with E-state index in [9.17, 15) is 0 Å². The molecule has 0 aromatic carbocycles. The molecule has 1 aliphatic rings. The summed E-state index contributed by atoms with van der Waals surface area (Å²) in [4.78, 5) is 0. The minimum Gasteiger partial charge on any atom is -0.103 e. The first-order valence-electron chi connectivity index (χ1n) is 5.08. The Hall–Kier alpha value is -0.520. The molecule has 0 amide bonds. The lowest BCUT2D eigenvalue weighted by molar-refractivity contribution is 0.278. The van der Waals surface area contributed by atoms with Crippen LogP contribution in [0.25, 0.3) is 0 Å². The summed E-state index contributed by atoms with van der Waals surface area (Å²) in [6.45, 7) is 7.59. The highest BCUT2D eigenvalue weighted by Crippen LogP contribution is 2.32. The van der Waals surface area contributed by atoms with Gasteiger partial charge >= 0.3 is 0 Å². The number of rotatable bonds is 4. The van der Waals surface area contributed by atoms with Crippen molar-refractivity contribution in [1.82, 2.24) is 0 Å². The molecule has 0 atom stereocenters. The molecular weight excluding hydrogens is 144 g/mol. The van der Waals surface area contributed by atoms with E-state index in [-0.39, 0.29) is 0 Å². The first kappa shape index (κ1) is 9.57. The van der Waals surface area contributed by atoms with E-state index >= 15 is 0 Å². The van der Waals surface area contributed by atoms with Crippen molar-refractivity contribution in [3.63, 3.8) is 0 Å². The lowest BCUT2D eigenvalue weighted by atomic mass is 9.79. The maximum absolute atomic E-state index is 3.79. The van der Waals surface area contributed by atoms with Crippen LogP contribution in [0.3, 0.4) is 0 Å². The highest BCUT2D eigenvalue weighted by molar-refractivity contribution is 4.81. The molecule has 0 aliphatic heterocycles. The summed E-state index contributed by atoms with van der Waals surface area (Å²) in [7, 11) is 0. The minimum atomic E-state index is 0.934. The van der Waals surface area contributed by atoms with Gasteiger partial charge in [-0.2, -0.15) is 0 Å². The Labute approximate surface area is 76.4 Å². The van der Waals surface area contributed by atoms with Crippen molar-refractivity contribution in [1.29, 1.82) is 0 Å². The van der Waals surface area contributed by atoms with Crippen LogP contribution in [0.1, 0.15) is 38.5 Å². The summed E-state index contributed by atoms with van der Waals surface area (Å²) < 4.78 is 0. The highest BCUT2D eigenvalue weighted by Gasteiger charge is 2.18. The Kier molecular flexibility index (Phi) is 4.13. The number of hydrogen-bond donors (Lipinski definition) is 0. The molecule has 1 saturated carbocycles. The first-order valence-corrected chi connectivity index (χ1v) is 5.08. The van der Waals surface area contributed by atoms with Gasteiger partial charge < -0.3 is 0 Å². The zero-order chi connectivity index (χ0) is 8.81. The predicted molar refractivity (Wildman–Crippen MR) is 55.1 cm³/mol. The fourth-order valence-electron chi connectivity index (χ4n) is 2.17. The summed E-state index contributed by atoms with van der Waals surface area (Å²) in [5.41, 5.74) is 0. The monoisotopic (exact) mass is 164 g/mol. The maximum atomic E-state index is 3.79. The van der Waals surface area contributed by atoms with Gasteiger partial charge in [0.2, 0.25) is 0 Å². The van der Waals surface area contributed by atoms with Crippen LogP contribution in [-0.2, 0) is 0 Å². The minimum absolute atomic E-state index is 0.934. The summed E-state index contributed by atoms with van der Waals surface area (Å²) in [6.07, 6.45) is 12.2. The number of hydrogen-bond acceptors (Lipinski definition) is 0. The SMILES string of the molecule is C=CCC1CCC(CC=C)CC1. The average Bonchev–Trinajstić information content (AvgIpc) is 2.09. The molecule has 68 valence electrons. The van der Waals surface area contributed by atoms with E-state index in [2.05, 4.69) is 25.3 Å². The highest BCUT2D eigenvalue weighted by atomic mass is 14.2. The van der Waals surface area contributed by atoms with Gasteiger partial charge in [-0.05, 0) is 50.4 Å². The van der Waals surface area contributed by atoms with Crippen molar-refractivity contribution < 1.29 is 0 Å². The van der Waals surface area contributed by atoms with Gasteiger partial charge in [0.25, 0.3) is 0 Å². The Morgan fingerprint density at radius 1 is 0.833 bits per heavy atom. The lowest BCUT2D eigenvalue weighted by Crippen LogP contribution is -2.13. The van der Waals surface area contributed by atoms with Crippen LogP contribution in [-0.4, -0.2) is 0 Å². The van der Waals surface area contributed by atoms with Crippen molar-refractivity contribution in [3.05, 3.63) is 25.3 Å². The molecule has 0 heterocycles. The largest absolute Gasteiger partial charge is 0.103 e. The van der Waals surface area contributed by atoms with Gasteiger partial charge in [0.05, 0.1) is 0 Å². The Balaban J connectivity index is 2.19. The van der Waals surface area contributed by atoms with Gasteiger partial charge in [0.1, 0.15) is 0 Å². The number of allylic oxidation sites excluding steroid dienone is 2. The van der Waals surface area contributed by atoms with Crippen LogP contribution < -0.4 is 0 Å². The van der Waals surface area contributed by atoms with Gasteiger partial charge in [-0.3, -0.25) is 0 Å². The van der Waals surface area contributed by atoms with Crippen molar-refractivity contribution in [2.45, 2.75) is 38.5 Å². The molecule has 0 radical (unpaired) electrons. The zero-order valence-corrected chi connectivity index (χ0v) is 7.97. The molecule has 12 heavy (non-hydrogen) atoms. The fraction of sp³-hybridized carbons (Fsp3) is 0.667. The quantitative estimate of drug-likeness (QED) is 0.552. The Morgan fingerprint density at radius 3 is 1.42 bits per heavy atom. The van der Waals surface area contributed by atoms with Crippen LogP contribution in [0.4, 0.5) is 0 Å². The summed E-state index contributed by atoms with van der Waals surface area (Å²) in [6, 6.07) is 0. The molecule has 1 aliphatic carbocycles.